The lowest BCUT2D eigenvalue weighted by molar-refractivity contribution is 0.574. The molecule has 0 fully saturated rings. The average Bonchev–Trinajstić information content (AvgIpc) is 3.51. The lowest BCUT2D eigenvalue weighted by atomic mass is 10.2. The molecule has 9 heteroatoms. The van der Waals surface area contributed by atoms with E-state index < -0.39 is 5.82 Å². The van der Waals surface area contributed by atoms with Crippen molar-refractivity contribution in [1.82, 2.24) is 19.9 Å². The Morgan fingerprint density at radius 2 is 1.35 bits per heavy atom. The summed E-state index contributed by atoms with van der Waals surface area (Å²) in [6, 6.07) is 14.6. The number of hydrogen-bond acceptors (Lipinski definition) is 8. The first-order valence-electron chi connectivity index (χ1n) is 9.31. The van der Waals surface area contributed by atoms with Gasteiger partial charge in [0.25, 0.3) is 0 Å². The fraction of sp³-hybridized carbons (Fsp3) is 0. The van der Waals surface area contributed by atoms with Crippen LogP contribution < -0.4 is 10.6 Å². The third-order valence-corrected chi connectivity index (χ3v) is 4.35. The minimum Gasteiger partial charge on any atom is -0.445 e. The molecule has 0 aliphatic heterocycles. The van der Waals surface area contributed by atoms with Crippen LogP contribution in [0.3, 0.4) is 0 Å². The molecule has 0 bridgehead atoms. The molecular formula is C22H15FN6O2. The van der Waals surface area contributed by atoms with E-state index in [2.05, 4.69) is 30.6 Å². The molecule has 2 aromatic carbocycles. The van der Waals surface area contributed by atoms with Gasteiger partial charge in [-0.2, -0.15) is 4.98 Å². The quantitative estimate of drug-likeness (QED) is 0.380. The van der Waals surface area contributed by atoms with E-state index in [9.17, 15) is 4.39 Å². The van der Waals surface area contributed by atoms with Gasteiger partial charge in [-0.3, -0.25) is 0 Å². The van der Waals surface area contributed by atoms with Crippen molar-refractivity contribution in [2.45, 2.75) is 0 Å². The highest BCUT2D eigenvalue weighted by Gasteiger charge is 2.10. The SMILES string of the molecule is Fc1cnc(Nc2cccc(-c3ncco3)c2)nc1Nc1cccc(-c2ncco2)c1. The normalized spacial score (nSPS) is 10.7. The van der Waals surface area contributed by atoms with Gasteiger partial charge in [0.1, 0.15) is 12.5 Å². The Morgan fingerprint density at radius 1 is 0.742 bits per heavy atom. The van der Waals surface area contributed by atoms with Crippen LogP contribution in [0.25, 0.3) is 22.9 Å². The third-order valence-electron chi connectivity index (χ3n) is 4.35. The predicted molar refractivity (Wildman–Crippen MR) is 112 cm³/mol. The fourth-order valence-electron chi connectivity index (χ4n) is 2.97. The topological polar surface area (TPSA) is 102 Å². The van der Waals surface area contributed by atoms with Crippen molar-refractivity contribution in [1.29, 1.82) is 0 Å². The van der Waals surface area contributed by atoms with Gasteiger partial charge in [-0.1, -0.05) is 12.1 Å². The minimum atomic E-state index is -0.583. The first kappa shape index (κ1) is 18.5. The molecule has 2 N–H and O–H groups in total. The molecule has 0 radical (unpaired) electrons. The van der Waals surface area contributed by atoms with E-state index in [0.29, 0.717) is 23.2 Å². The number of hydrogen-bond donors (Lipinski definition) is 2. The van der Waals surface area contributed by atoms with Gasteiger partial charge < -0.3 is 19.5 Å². The van der Waals surface area contributed by atoms with Crippen LogP contribution in [0, 0.1) is 5.82 Å². The van der Waals surface area contributed by atoms with E-state index in [1.54, 1.807) is 24.5 Å². The van der Waals surface area contributed by atoms with Gasteiger partial charge in [-0.15, -0.1) is 0 Å². The monoisotopic (exact) mass is 414 g/mol. The molecule has 0 spiro atoms. The summed E-state index contributed by atoms with van der Waals surface area (Å²) in [5.41, 5.74) is 2.88. The molecule has 0 atom stereocenters. The van der Waals surface area contributed by atoms with Gasteiger partial charge in [0.2, 0.25) is 17.7 Å². The van der Waals surface area contributed by atoms with Crippen LogP contribution in [0.15, 0.2) is 88.5 Å². The van der Waals surface area contributed by atoms with Gasteiger partial charge in [-0.05, 0) is 36.4 Å². The molecule has 0 aliphatic carbocycles. The molecule has 5 rings (SSSR count). The van der Waals surface area contributed by atoms with E-state index in [1.165, 1.54) is 12.5 Å². The van der Waals surface area contributed by atoms with Gasteiger partial charge in [0, 0.05) is 22.5 Å². The van der Waals surface area contributed by atoms with Crippen LogP contribution in [0.5, 0.6) is 0 Å². The largest absolute Gasteiger partial charge is 0.445 e. The molecule has 5 aromatic rings. The molecule has 0 saturated carbocycles. The summed E-state index contributed by atoms with van der Waals surface area (Å²) in [6.45, 7) is 0. The minimum absolute atomic E-state index is 0.0332. The Hall–Kier alpha value is -4.53. The van der Waals surface area contributed by atoms with Crippen LogP contribution in [0.1, 0.15) is 0 Å². The van der Waals surface area contributed by atoms with E-state index in [-0.39, 0.29) is 11.8 Å². The van der Waals surface area contributed by atoms with Crippen molar-refractivity contribution >= 4 is 23.1 Å². The van der Waals surface area contributed by atoms with Crippen LogP contribution in [-0.2, 0) is 0 Å². The van der Waals surface area contributed by atoms with Crippen LogP contribution in [0.4, 0.5) is 27.5 Å². The maximum Gasteiger partial charge on any atom is 0.229 e. The second kappa shape index (κ2) is 8.07. The standard InChI is InChI=1S/C22H15FN6O2/c23-18-13-26-22(28-17-6-2-4-15(12-17)21-25-8-10-31-21)29-19(18)27-16-5-1-3-14(11-16)20-24-7-9-30-20/h1-13H,(H2,26,27,28,29). The summed E-state index contributed by atoms with van der Waals surface area (Å²) in [5.74, 6) is 0.654. The molecule has 31 heavy (non-hydrogen) atoms. The molecule has 152 valence electrons. The molecule has 0 aliphatic rings. The second-order valence-corrected chi connectivity index (χ2v) is 6.48. The van der Waals surface area contributed by atoms with Crippen LogP contribution in [-0.4, -0.2) is 19.9 Å². The van der Waals surface area contributed by atoms with E-state index in [4.69, 9.17) is 8.83 Å². The summed E-state index contributed by atoms with van der Waals surface area (Å²) in [6.07, 6.45) is 7.25. The Balaban J connectivity index is 1.38. The highest BCUT2D eigenvalue weighted by atomic mass is 19.1. The maximum atomic E-state index is 14.4. The first-order valence-corrected chi connectivity index (χ1v) is 9.31. The van der Waals surface area contributed by atoms with Crippen molar-refractivity contribution in [3.05, 3.63) is 85.5 Å². The van der Waals surface area contributed by atoms with Gasteiger partial charge in [0.05, 0.1) is 18.6 Å². The van der Waals surface area contributed by atoms with Crippen molar-refractivity contribution in [3.63, 3.8) is 0 Å². The smallest absolute Gasteiger partial charge is 0.229 e. The number of halogens is 1. The number of rotatable bonds is 6. The average molecular weight is 414 g/mol. The molecule has 0 amide bonds. The summed E-state index contributed by atoms with van der Waals surface area (Å²) in [7, 11) is 0. The molecule has 3 heterocycles. The molecule has 0 unspecified atom stereocenters. The Labute approximate surface area is 175 Å². The first-order chi connectivity index (χ1) is 15.2. The third kappa shape index (κ3) is 4.10. The molecule has 8 nitrogen and oxygen atoms in total. The Bertz CT molecular complexity index is 1310. The van der Waals surface area contributed by atoms with Crippen molar-refractivity contribution < 1.29 is 13.2 Å². The Morgan fingerprint density at radius 3 is 1.94 bits per heavy atom. The van der Waals surface area contributed by atoms with Gasteiger partial charge in [0.15, 0.2) is 11.6 Å². The molecule has 0 saturated heterocycles. The van der Waals surface area contributed by atoms with Crippen molar-refractivity contribution in [3.8, 4) is 22.9 Å². The number of nitrogens with one attached hydrogen (secondary N) is 2. The summed E-state index contributed by atoms with van der Waals surface area (Å²) in [4.78, 5) is 16.5. The van der Waals surface area contributed by atoms with E-state index in [0.717, 1.165) is 17.3 Å². The number of oxazole rings is 2. The van der Waals surface area contributed by atoms with E-state index >= 15 is 0 Å². The van der Waals surface area contributed by atoms with E-state index in [1.807, 2.05) is 36.4 Å². The number of aromatic nitrogens is 4. The zero-order valence-corrected chi connectivity index (χ0v) is 16.0. The van der Waals surface area contributed by atoms with Crippen molar-refractivity contribution in [2.24, 2.45) is 0 Å². The molecule has 3 aromatic heterocycles. The molecular weight excluding hydrogens is 399 g/mol. The van der Waals surface area contributed by atoms with Gasteiger partial charge in [-0.25, -0.2) is 19.3 Å². The lowest BCUT2D eigenvalue weighted by Crippen LogP contribution is -2.03. The van der Waals surface area contributed by atoms with Gasteiger partial charge >= 0.3 is 0 Å². The highest BCUT2D eigenvalue weighted by molar-refractivity contribution is 5.67. The summed E-state index contributed by atoms with van der Waals surface area (Å²) < 4.78 is 25.0. The Kier molecular flexibility index (Phi) is 4.82. The number of anilines is 4. The lowest BCUT2D eigenvalue weighted by Gasteiger charge is -2.10. The summed E-state index contributed by atoms with van der Waals surface area (Å²) >= 11 is 0. The van der Waals surface area contributed by atoms with Crippen LogP contribution in [0.2, 0.25) is 0 Å². The maximum absolute atomic E-state index is 14.4. The zero-order chi connectivity index (χ0) is 21.0. The zero-order valence-electron chi connectivity index (χ0n) is 16.0. The number of nitrogens with zero attached hydrogens (tertiary/aromatic N) is 4. The fourth-order valence-corrected chi connectivity index (χ4v) is 2.97. The summed E-state index contributed by atoms with van der Waals surface area (Å²) in [5, 5.41) is 6.04. The number of benzene rings is 2. The second-order valence-electron chi connectivity index (χ2n) is 6.48. The van der Waals surface area contributed by atoms with Crippen LogP contribution >= 0.6 is 0 Å². The predicted octanol–water partition coefficient (Wildman–Crippen LogP) is 5.41. The highest BCUT2D eigenvalue weighted by Crippen LogP contribution is 2.26. The van der Waals surface area contributed by atoms with Crippen molar-refractivity contribution in [2.75, 3.05) is 10.6 Å².